The Kier molecular flexibility index (Phi) is 3.80. The first-order valence-electron chi connectivity index (χ1n) is 7.26. The molecule has 21 heavy (non-hydrogen) atoms. The Morgan fingerprint density at radius 3 is 3.00 bits per heavy atom. The summed E-state index contributed by atoms with van der Waals surface area (Å²) in [5, 5.41) is 10.8. The molecule has 0 aliphatic heterocycles. The topological polar surface area (TPSA) is 68.4 Å². The molecule has 1 heterocycles. The quantitative estimate of drug-likeness (QED) is 0.850. The highest BCUT2D eigenvalue weighted by atomic mass is 16.5. The number of aromatic nitrogens is 1. The number of rotatable bonds is 3. The van der Waals surface area contributed by atoms with Crippen molar-refractivity contribution in [3.8, 4) is 5.75 Å². The average molecular weight is 284 g/mol. The van der Waals surface area contributed by atoms with Gasteiger partial charge in [-0.05, 0) is 37.0 Å². The molecule has 4 nitrogen and oxygen atoms in total. The van der Waals surface area contributed by atoms with Gasteiger partial charge in [0.15, 0.2) is 0 Å². The summed E-state index contributed by atoms with van der Waals surface area (Å²) < 4.78 is 5.24. The largest absolute Gasteiger partial charge is 0.495 e. The SMILES string of the molecule is COc1cccc(C(O)C2CCCc3cccnc32)c1N. The summed E-state index contributed by atoms with van der Waals surface area (Å²) in [6.45, 7) is 0. The summed E-state index contributed by atoms with van der Waals surface area (Å²) in [6, 6.07) is 9.57. The zero-order chi connectivity index (χ0) is 14.8. The number of pyridine rings is 1. The second kappa shape index (κ2) is 5.74. The van der Waals surface area contributed by atoms with Crippen LogP contribution in [0.5, 0.6) is 5.75 Å². The standard InChI is InChI=1S/C17H20N2O2/c1-21-14-9-3-7-12(15(14)18)17(20)13-8-2-5-11-6-4-10-19-16(11)13/h3-4,6-7,9-10,13,17,20H,2,5,8,18H2,1H3. The van der Waals surface area contributed by atoms with Crippen molar-refractivity contribution in [2.24, 2.45) is 0 Å². The summed E-state index contributed by atoms with van der Waals surface area (Å²) in [5.74, 6) is 0.591. The number of hydrogen-bond acceptors (Lipinski definition) is 4. The van der Waals surface area contributed by atoms with Gasteiger partial charge in [0.2, 0.25) is 0 Å². The number of hydrogen-bond donors (Lipinski definition) is 2. The molecule has 1 aromatic carbocycles. The first-order chi connectivity index (χ1) is 10.2. The van der Waals surface area contributed by atoms with Crippen LogP contribution in [-0.2, 0) is 6.42 Å². The molecule has 3 rings (SSSR count). The van der Waals surface area contributed by atoms with Crippen LogP contribution in [0.15, 0.2) is 36.5 Å². The van der Waals surface area contributed by atoms with Crippen molar-refractivity contribution in [1.82, 2.24) is 4.98 Å². The predicted octanol–water partition coefficient (Wildman–Crippen LogP) is 2.83. The Labute approximate surface area is 124 Å². The normalized spacial score (nSPS) is 18.9. The maximum Gasteiger partial charge on any atom is 0.142 e. The van der Waals surface area contributed by atoms with E-state index >= 15 is 0 Å². The van der Waals surface area contributed by atoms with Crippen molar-refractivity contribution in [1.29, 1.82) is 0 Å². The summed E-state index contributed by atoms with van der Waals surface area (Å²) in [6.07, 6.45) is 4.14. The lowest BCUT2D eigenvalue weighted by Crippen LogP contribution is -2.19. The Hall–Kier alpha value is -2.07. The van der Waals surface area contributed by atoms with E-state index in [2.05, 4.69) is 11.1 Å². The van der Waals surface area contributed by atoms with Gasteiger partial charge < -0.3 is 15.6 Å². The van der Waals surface area contributed by atoms with Crippen LogP contribution in [0.1, 0.15) is 41.7 Å². The number of nitrogen functional groups attached to an aromatic ring is 1. The van der Waals surface area contributed by atoms with E-state index in [0.29, 0.717) is 11.4 Å². The minimum absolute atomic E-state index is 0.00986. The van der Waals surface area contributed by atoms with Gasteiger partial charge in [0.1, 0.15) is 5.75 Å². The molecule has 2 unspecified atom stereocenters. The van der Waals surface area contributed by atoms with Gasteiger partial charge in [-0.25, -0.2) is 0 Å². The first kappa shape index (κ1) is 13.9. The van der Waals surface area contributed by atoms with Gasteiger partial charge in [0, 0.05) is 23.4 Å². The minimum atomic E-state index is -0.658. The number of ether oxygens (including phenoxy) is 1. The number of aryl methyl sites for hydroxylation is 1. The number of methoxy groups -OCH3 is 1. The van der Waals surface area contributed by atoms with Crippen molar-refractivity contribution in [3.63, 3.8) is 0 Å². The second-order valence-electron chi connectivity index (χ2n) is 5.45. The van der Waals surface area contributed by atoms with Crippen LogP contribution in [0.3, 0.4) is 0 Å². The van der Waals surface area contributed by atoms with Crippen LogP contribution in [0, 0.1) is 0 Å². The highest BCUT2D eigenvalue weighted by Crippen LogP contribution is 2.42. The Morgan fingerprint density at radius 1 is 1.33 bits per heavy atom. The molecular formula is C17H20N2O2. The maximum absolute atomic E-state index is 10.8. The van der Waals surface area contributed by atoms with E-state index in [1.54, 1.807) is 19.4 Å². The zero-order valence-corrected chi connectivity index (χ0v) is 12.1. The highest BCUT2D eigenvalue weighted by Gasteiger charge is 2.30. The van der Waals surface area contributed by atoms with Gasteiger partial charge in [-0.3, -0.25) is 4.98 Å². The Balaban J connectivity index is 1.98. The van der Waals surface area contributed by atoms with Crippen LogP contribution in [0.25, 0.3) is 0 Å². The second-order valence-corrected chi connectivity index (χ2v) is 5.45. The van der Waals surface area contributed by atoms with Crippen LogP contribution in [-0.4, -0.2) is 17.2 Å². The molecule has 4 heteroatoms. The van der Waals surface area contributed by atoms with E-state index in [0.717, 1.165) is 30.5 Å². The molecule has 0 amide bonds. The number of aliphatic hydroxyl groups is 1. The monoisotopic (exact) mass is 284 g/mol. The van der Waals surface area contributed by atoms with E-state index in [4.69, 9.17) is 10.5 Å². The molecule has 0 bridgehead atoms. The van der Waals surface area contributed by atoms with Gasteiger partial charge in [0.25, 0.3) is 0 Å². The predicted molar refractivity (Wildman–Crippen MR) is 82.3 cm³/mol. The molecule has 0 fully saturated rings. The third-order valence-electron chi connectivity index (χ3n) is 4.26. The van der Waals surface area contributed by atoms with Gasteiger partial charge in [0.05, 0.1) is 18.9 Å². The summed E-state index contributed by atoms with van der Waals surface area (Å²) >= 11 is 0. The fourth-order valence-corrected chi connectivity index (χ4v) is 3.17. The Morgan fingerprint density at radius 2 is 2.19 bits per heavy atom. The van der Waals surface area contributed by atoms with E-state index < -0.39 is 6.10 Å². The Bertz CT molecular complexity index is 642. The molecule has 110 valence electrons. The fraction of sp³-hybridized carbons (Fsp3) is 0.353. The molecule has 1 aliphatic carbocycles. The average Bonchev–Trinajstić information content (AvgIpc) is 2.54. The van der Waals surface area contributed by atoms with Crippen LogP contribution in [0.4, 0.5) is 5.69 Å². The third kappa shape index (κ3) is 2.47. The highest BCUT2D eigenvalue weighted by molar-refractivity contribution is 5.59. The number of anilines is 1. The third-order valence-corrected chi connectivity index (χ3v) is 4.26. The molecule has 1 aliphatic rings. The number of nitrogens with zero attached hydrogens (tertiary/aromatic N) is 1. The van der Waals surface area contributed by atoms with Gasteiger partial charge in [-0.15, -0.1) is 0 Å². The molecule has 0 spiro atoms. The van der Waals surface area contributed by atoms with Crippen LogP contribution >= 0.6 is 0 Å². The molecule has 0 saturated carbocycles. The summed E-state index contributed by atoms with van der Waals surface area (Å²) in [4.78, 5) is 4.49. The number of nitrogens with two attached hydrogens (primary N) is 1. The van der Waals surface area contributed by atoms with Crippen molar-refractivity contribution < 1.29 is 9.84 Å². The van der Waals surface area contributed by atoms with Gasteiger partial charge >= 0.3 is 0 Å². The van der Waals surface area contributed by atoms with Crippen molar-refractivity contribution in [2.75, 3.05) is 12.8 Å². The number of fused-ring (bicyclic) bond motifs is 1. The molecule has 2 atom stereocenters. The zero-order valence-electron chi connectivity index (χ0n) is 12.1. The van der Waals surface area contributed by atoms with Crippen molar-refractivity contribution >= 4 is 5.69 Å². The maximum atomic E-state index is 10.8. The molecule has 1 aromatic heterocycles. The lowest BCUT2D eigenvalue weighted by molar-refractivity contribution is 0.134. The van der Waals surface area contributed by atoms with Gasteiger partial charge in [-0.1, -0.05) is 18.2 Å². The smallest absolute Gasteiger partial charge is 0.142 e. The molecule has 0 saturated heterocycles. The first-order valence-corrected chi connectivity index (χ1v) is 7.26. The minimum Gasteiger partial charge on any atom is -0.495 e. The molecule has 3 N–H and O–H groups in total. The summed E-state index contributed by atoms with van der Waals surface area (Å²) in [7, 11) is 1.58. The summed E-state index contributed by atoms with van der Waals surface area (Å²) in [5.41, 5.74) is 9.58. The molecule has 0 radical (unpaired) electrons. The van der Waals surface area contributed by atoms with E-state index in [1.165, 1.54) is 5.56 Å². The number of para-hydroxylation sites is 1. The molecular weight excluding hydrogens is 264 g/mol. The van der Waals surface area contributed by atoms with Crippen molar-refractivity contribution in [3.05, 3.63) is 53.3 Å². The van der Waals surface area contributed by atoms with E-state index in [1.807, 2.05) is 18.2 Å². The molecule has 2 aromatic rings. The lowest BCUT2D eigenvalue weighted by atomic mass is 9.80. The van der Waals surface area contributed by atoms with Crippen molar-refractivity contribution in [2.45, 2.75) is 31.3 Å². The fourth-order valence-electron chi connectivity index (χ4n) is 3.17. The van der Waals surface area contributed by atoms with E-state index in [-0.39, 0.29) is 5.92 Å². The van der Waals surface area contributed by atoms with E-state index in [9.17, 15) is 5.11 Å². The number of aliphatic hydroxyl groups excluding tert-OH is 1. The number of benzene rings is 1. The van der Waals surface area contributed by atoms with Crippen LogP contribution < -0.4 is 10.5 Å². The van der Waals surface area contributed by atoms with Gasteiger partial charge in [-0.2, -0.15) is 0 Å². The van der Waals surface area contributed by atoms with Crippen LogP contribution in [0.2, 0.25) is 0 Å². The lowest BCUT2D eigenvalue weighted by Gasteiger charge is -2.29.